The predicted octanol–water partition coefficient (Wildman–Crippen LogP) is 2.42. The molecule has 1 saturated heterocycles. The van der Waals surface area contributed by atoms with Crippen molar-refractivity contribution < 1.29 is 0 Å². The van der Waals surface area contributed by atoms with E-state index in [4.69, 9.17) is 0 Å². The first-order valence-electron chi connectivity index (χ1n) is 4.87. The minimum absolute atomic E-state index is 0.572. The molecule has 11 heavy (non-hydrogen) atoms. The molecule has 1 aliphatic heterocycles. The lowest BCUT2D eigenvalue weighted by atomic mass is 9.72. The van der Waals surface area contributed by atoms with E-state index in [-0.39, 0.29) is 0 Å². The van der Waals surface area contributed by atoms with Crippen molar-refractivity contribution >= 4 is 0 Å². The van der Waals surface area contributed by atoms with E-state index in [9.17, 15) is 0 Å². The quantitative estimate of drug-likeness (QED) is 0.646. The molecule has 0 radical (unpaired) electrons. The maximum absolute atomic E-state index is 3.41. The zero-order valence-corrected chi connectivity index (χ0v) is 8.11. The van der Waals surface area contributed by atoms with Crippen molar-refractivity contribution in [2.24, 2.45) is 11.3 Å². The van der Waals surface area contributed by atoms with Gasteiger partial charge >= 0.3 is 0 Å². The highest BCUT2D eigenvalue weighted by atomic mass is 14.9. The van der Waals surface area contributed by atoms with Crippen LogP contribution in [-0.4, -0.2) is 13.1 Å². The molecule has 1 fully saturated rings. The molecule has 1 aliphatic rings. The van der Waals surface area contributed by atoms with Gasteiger partial charge in [0.05, 0.1) is 0 Å². The molecule has 0 bridgehead atoms. The van der Waals surface area contributed by atoms with Crippen LogP contribution in [0.25, 0.3) is 0 Å². The van der Waals surface area contributed by atoms with Gasteiger partial charge in [-0.2, -0.15) is 0 Å². The van der Waals surface area contributed by atoms with Gasteiger partial charge in [-0.25, -0.2) is 0 Å². The van der Waals surface area contributed by atoms with E-state index < -0.39 is 0 Å². The molecule has 0 spiro atoms. The van der Waals surface area contributed by atoms with Crippen LogP contribution in [0.2, 0.25) is 0 Å². The number of hydrogen-bond acceptors (Lipinski definition) is 1. The standard InChI is InChI=1S/C10H21N/c1-4-10(2,3)9-5-7-11-8-6-9/h9,11H,4-8H2,1-3H3. The first kappa shape index (κ1) is 9.05. The van der Waals surface area contributed by atoms with Crippen LogP contribution in [0.3, 0.4) is 0 Å². The maximum Gasteiger partial charge on any atom is -0.00461 e. The largest absolute Gasteiger partial charge is 0.317 e. The molecule has 0 amide bonds. The van der Waals surface area contributed by atoms with Crippen molar-refractivity contribution in [3.05, 3.63) is 0 Å². The molecular formula is C10H21N. The Labute approximate surface area is 70.6 Å². The van der Waals surface area contributed by atoms with Gasteiger partial charge in [0.25, 0.3) is 0 Å². The minimum atomic E-state index is 0.572. The number of piperidine rings is 1. The summed E-state index contributed by atoms with van der Waals surface area (Å²) < 4.78 is 0. The fourth-order valence-electron chi connectivity index (χ4n) is 1.89. The molecule has 0 aromatic rings. The molecule has 1 rings (SSSR count). The normalized spacial score (nSPS) is 22.1. The molecule has 1 heterocycles. The van der Waals surface area contributed by atoms with E-state index in [0.29, 0.717) is 5.41 Å². The number of hydrogen-bond donors (Lipinski definition) is 1. The average Bonchev–Trinajstić information content (AvgIpc) is 2.06. The molecule has 66 valence electrons. The lowest BCUT2D eigenvalue weighted by Gasteiger charge is -2.36. The van der Waals surface area contributed by atoms with Crippen molar-refractivity contribution in [2.45, 2.75) is 40.0 Å². The fourth-order valence-corrected chi connectivity index (χ4v) is 1.89. The summed E-state index contributed by atoms with van der Waals surface area (Å²) in [6.45, 7) is 9.58. The van der Waals surface area contributed by atoms with Crippen molar-refractivity contribution in [3.8, 4) is 0 Å². The molecule has 1 heteroatoms. The summed E-state index contributed by atoms with van der Waals surface area (Å²) in [6.07, 6.45) is 4.07. The highest BCUT2D eigenvalue weighted by molar-refractivity contribution is 4.80. The zero-order valence-electron chi connectivity index (χ0n) is 8.11. The Morgan fingerprint density at radius 1 is 1.27 bits per heavy atom. The minimum Gasteiger partial charge on any atom is -0.317 e. The third-order valence-corrected chi connectivity index (χ3v) is 3.36. The van der Waals surface area contributed by atoms with Crippen molar-refractivity contribution in [2.75, 3.05) is 13.1 Å². The summed E-state index contributed by atoms with van der Waals surface area (Å²) in [5, 5.41) is 3.41. The molecule has 0 atom stereocenters. The van der Waals surface area contributed by atoms with Gasteiger partial charge in [-0.1, -0.05) is 27.2 Å². The molecule has 1 nitrogen and oxygen atoms in total. The van der Waals surface area contributed by atoms with Crippen molar-refractivity contribution in [1.29, 1.82) is 0 Å². The maximum atomic E-state index is 3.41. The SMILES string of the molecule is CCC(C)(C)C1CCNCC1. The Bertz CT molecular complexity index is 112. The molecule has 0 saturated carbocycles. The predicted molar refractivity (Wildman–Crippen MR) is 49.7 cm³/mol. The lowest BCUT2D eigenvalue weighted by Crippen LogP contribution is -2.35. The topological polar surface area (TPSA) is 12.0 Å². The second-order valence-electron chi connectivity index (χ2n) is 4.37. The Morgan fingerprint density at radius 3 is 2.27 bits per heavy atom. The van der Waals surface area contributed by atoms with Gasteiger partial charge in [0.1, 0.15) is 0 Å². The van der Waals surface area contributed by atoms with E-state index >= 15 is 0 Å². The second kappa shape index (κ2) is 3.57. The lowest BCUT2D eigenvalue weighted by molar-refractivity contribution is 0.160. The third kappa shape index (κ3) is 2.19. The van der Waals surface area contributed by atoms with E-state index in [1.807, 2.05) is 0 Å². The average molecular weight is 155 g/mol. The summed E-state index contributed by atoms with van der Waals surface area (Å²) in [4.78, 5) is 0. The van der Waals surface area contributed by atoms with Crippen LogP contribution in [0.1, 0.15) is 40.0 Å². The molecular weight excluding hydrogens is 134 g/mol. The fraction of sp³-hybridized carbons (Fsp3) is 1.00. The van der Waals surface area contributed by atoms with Crippen molar-refractivity contribution in [3.63, 3.8) is 0 Å². The first-order chi connectivity index (χ1) is 5.17. The summed E-state index contributed by atoms with van der Waals surface area (Å²) >= 11 is 0. The van der Waals surface area contributed by atoms with Gasteiger partial charge in [0.2, 0.25) is 0 Å². The van der Waals surface area contributed by atoms with Crippen LogP contribution in [0.15, 0.2) is 0 Å². The summed E-state index contributed by atoms with van der Waals surface area (Å²) in [5.74, 6) is 0.953. The Hall–Kier alpha value is -0.0400. The van der Waals surface area contributed by atoms with Gasteiger partial charge in [0.15, 0.2) is 0 Å². The van der Waals surface area contributed by atoms with Gasteiger partial charge in [-0.15, -0.1) is 0 Å². The Kier molecular flexibility index (Phi) is 2.94. The first-order valence-corrected chi connectivity index (χ1v) is 4.87. The van der Waals surface area contributed by atoms with Crippen LogP contribution < -0.4 is 5.32 Å². The van der Waals surface area contributed by atoms with Gasteiger partial charge in [-0.3, -0.25) is 0 Å². The summed E-state index contributed by atoms with van der Waals surface area (Å²) in [6, 6.07) is 0. The molecule has 0 unspecified atom stereocenters. The highest BCUT2D eigenvalue weighted by Gasteiger charge is 2.28. The second-order valence-corrected chi connectivity index (χ2v) is 4.37. The van der Waals surface area contributed by atoms with Crippen LogP contribution in [0, 0.1) is 11.3 Å². The van der Waals surface area contributed by atoms with Gasteiger partial charge < -0.3 is 5.32 Å². The van der Waals surface area contributed by atoms with E-state index in [1.165, 1.54) is 32.4 Å². The monoisotopic (exact) mass is 155 g/mol. The molecule has 0 aliphatic carbocycles. The zero-order chi connectivity index (χ0) is 8.32. The third-order valence-electron chi connectivity index (χ3n) is 3.36. The number of rotatable bonds is 2. The molecule has 0 aromatic carbocycles. The van der Waals surface area contributed by atoms with E-state index in [2.05, 4.69) is 26.1 Å². The Morgan fingerprint density at radius 2 is 1.82 bits per heavy atom. The molecule has 0 aromatic heterocycles. The number of nitrogens with one attached hydrogen (secondary N) is 1. The van der Waals surface area contributed by atoms with Crippen LogP contribution >= 0.6 is 0 Å². The van der Waals surface area contributed by atoms with Crippen molar-refractivity contribution in [1.82, 2.24) is 5.32 Å². The van der Waals surface area contributed by atoms with Crippen LogP contribution in [0.5, 0.6) is 0 Å². The summed E-state index contributed by atoms with van der Waals surface area (Å²) in [7, 11) is 0. The van der Waals surface area contributed by atoms with Gasteiger partial charge in [-0.05, 0) is 37.3 Å². The summed E-state index contributed by atoms with van der Waals surface area (Å²) in [5.41, 5.74) is 0.572. The van der Waals surface area contributed by atoms with E-state index in [0.717, 1.165) is 5.92 Å². The smallest absolute Gasteiger partial charge is 0.00461 e. The Balaban J connectivity index is 2.43. The van der Waals surface area contributed by atoms with E-state index in [1.54, 1.807) is 0 Å². The van der Waals surface area contributed by atoms with Crippen LogP contribution in [0.4, 0.5) is 0 Å². The molecule has 1 N–H and O–H groups in total. The van der Waals surface area contributed by atoms with Crippen LogP contribution in [-0.2, 0) is 0 Å². The van der Waals surface area contributed by atoms with Gasteiger partial charge in [0, 0.05) is 0 Å². The highest BCUT2D eigenvalue weighted by Crippen LogP contribution is 2.35.